The third-order valence-corrected chi connectivity index (χ3v) is 2.43. The van der Waals surface area contributed by atoms with Gasteiger partial charge < -0.3 is 10.1 Å². The number of aromatic amines is 1. The maximum atomic E-state index is 12.3. The van der Waals surface area contributed by atoms with E-state index >= 15 is 0 Å². The Morgan fingerprint density at radius 3 is 3.00 bits per heavy atom. The molecule has 0 radical (unpaired) electrons. The van der Waals surface area contributed by atoms with E-state index in [2.05, 4.69) is 9.97 Å². The number of hydrogen-bond acceptors (Lipinski definition) is 3. The number of nitrogens with one attached hydrogen (secondary N) is 1. The lowest BCUT2D eigenvalue weighted by atomic mass is 10.1. The SMILES string of the molecule is Cc1cc2[nH]c(C(O)CF)nc2cc1C#N. The predicted molar refractivity (Wildman–Crippen MR) is 56.5 cm³/mol. The van der Waals surface area contributed by atoms with Crippen LogP contribution < -0.4 is 0 Å². The summed E-state index contributed by atoms with van der Waals surface area (Å²) in [6.45, 7) is 0.925. The largest absolute Gasteiger partial charge is 0.382 e. The first-order valence-corrected chi connectivity index (χ1v) is 4.80. The number of aliphatic hydroxyl groups is 1. The third kappa shape index (κ3) is 1.64. The molecule has 1 heterocycles. The first kappa shape index (κ1) is 10.6. The number of benzene rings is 1. The average molecular weight is 219 g/mol. The number of aromatic nitrogens is 2. The number of nitrogens with zero attached hydrogens (tertiary/aromatic N) is 2. The lowest BCUT2D eigenvalue weighted by molar-refractivity contribution is 0.134. The quantitative estimate of drug-likeness (QED) is 0.808. The fraction of sp³-hybridized carbons (Fsp3) is 0.273. The Hall–Kier alpha value is -1.93. The normalized spacial score (nSPS) is 12.6. The fourth-order valence-corrected chi connectivity index (χ4v) is 1.54. The first-order chi connectivity index (χ1) is 7.65. The zero-order valence-corrected chi connectivity index (χ0v) is 8.66. The predicted octanol–water partition coefficient (Wildman–Crippen LogP) is 1.75. The molecular weight excluding hydrogens is 209 g/mol. The van der Waals surface area contributed by atoms with Crippen LogP contribution in [0.1, 0.15) is 23.1 Å². The Labute approximate surface area is 91.4 Å². The van der Waals surface area contributed by atoms with Gasteiger partial charge in [-0.15, -0.1) is 0 Å². The van der Waals surface area contributed by atoms with Crippen LogP contribution >= 0.6 is 0 Å². The highest BCUT2D eigenvalue weighted by atomic mass is 19.1. The van der Waals surface area contributed by atoms with E-state index in [1.165, 1.54) is 0 Å². The highest BCUT2D eigenvalue weighted by Crippen LogP contribution is 2.20. The Balaban J connectivity index is 2.59. The van der Waals surface area contributed by atoms with Gasteiger partial charge in [-0.2, -0.15) is 5.26 Å². The summed E-state index contributed by atoms with van der Waals surface area (Å²) in [6.07, 6.45) is -1.24. The van der Waals surface area contributed by atoms with E-state index in [0.717, 1.165) is 5.56 Å². The molecule has 2 rings (SSSR count). The highest BCUT2D eigenvalue weighted by Gasteiger charge is 2.13. The van der Waals surface area contributed by atoms with Crippen LogP contribution in [0.3, 0.4) is 0 Å². The second-order valence-electron chi connectivity index (χ2n) is 3.59. The third-order valence-electron chi connectivity index (χ3n) is 2.43. The maximum absolute atomic E-state index is 12.3. The van der Waals surface area contributed by atoms with Crippen molar-refractivity contribution in [2.75, 3.05) is 6.67 Å². The summed E-state index contributed by atoms with van der Waals surface area (Å²) in [6, 6.07) is 5.43. The molecule has 0 saturated carbocycles. The molecule has 2 N–H and O–H groups in total. The molecule has 0 spiro atoms. The minimum atomic E-state index is -1.24. The molecule has 0 fully saturated rings. The molecule has 0 amide bonds. The second kappa shape index (κ2) is 3.91. The van der Waals surface area contributed by atoms with Crippen molar-refractivity contribution in [2.45, 2.75) is 13.0 Å². The summed E-state index contributed by atoms with van der Waals surface area (Å²) in [5.41, 5.74) is 2.60. The topological polar surface area (TPSA) is 72.7 Å². The minimum absolute atomic E-state index is 0.187. The molecule has 82 valence electrons. The van der Waals surface area contributed by atoms with Gasteiger partial charge in [0.05, 0.1) is 22.7 Å². The van der Waals surface area contributed by atoms with E-state index in [1.807, 2.05) is 13.0 Å². The molecule has 0 aliphatic carbocycles. The van der Waals surface area contributed by atoms with Crippen LogP contribution in [0.25, 0.3) is 11.0 Å². The Morgan fingerprint density at radius 2 is 2.38 bits per heavy atom. The zero-order chi connectivity index (χ0) is 11.7. The first-order valence-electron chi connectivity index (χ1n) is 4.80. The van der Waals surface area contributed by atoms with Crippen molar-refractivity contribution in [3.63, 3.8) is 0 Å². The van der Waals surface area contributed by atoms with Gasteiger partial charge >= 0.3 is 0 Å². The Morgan fingerprint density at radius 1 is 1.62 bits per heavy atom. The number of aryl methyl sites for hydroxylation is 1. The number of rotatable bonds is 2. The van der Waals surface area contributed by atoms with E-state index in [-0.39, 0.29) is 5.82 Å². The smallest absolute Gasteiger partial charge is 0.140 e. The van der Waals surface area contributed by atoms with Gasteiger partial charge in [0, 0.05) is 0 Å². The monoisotopic (exact) mass is 219 g/mol. The van der Waals surface area contributed by atoms with Crippen molar-refractivity contribution in [1.29, 1.82) is 5.26 Å². The molecule has 1 aromatic carbocycles. The van der Waals surface area contributed by atoms with Gasteiger partial charge in [0.25, 0.3) is 0 Å². The molecule has 0 bridgehead atoms. The van der Waals surface area contributed by atoms with Crippen molar-refractivity contribution in [3.8, 4) is 6.07 Å². The summed E-state index contributed by atoms with van der Waals surface area (Å²) < 4.78 is 12.3. The van der Waals surface area contributed by atoms with Gasteiger partial charge in [0.1, 0.15) is 18.6 Å². The number of H-pyrrole nitrogens is 1. The molecule has 1 atom stereocenters. The van der Waals surface area contributed by atoms with Crippen LogP contribution in [0.4, 0.5) is 4.39 Å². The second-order valence-corrected chi connectivity index (χ2v) is 3.59. The van der Waals surface area contributed by atoms with Crippen LogP contribution in [-0.4, -0.2) is 21.7 Å². The van der Waals surface area contributed by atoms with Crippen molar-refractivity contribution < 1.29 is 9.50 Å². The standard InChI is InChI=1S/C11H10FN3O/c1-6-2-8-9(3-7(6)5-13)15-11(14-8)10(16)4-12/h2-3,10,16H,4H2,1H3,(H,14,15). The van der Waals surface area contributed by atoms with Gasteiger partial charge in [-0.05, 0) is 24.6 Å². The highest BCUT2D eigenvalue weighted by molar-refractivity contribution is 5.78. The Bertz CT molecular complexity index is 570. The van der Waals surface area contributed by atoms with Crippen LogP contribution in [0, 0.1) is 18.3 Å². The fourth-order valence-electron chi connectivity index (χ4n) is 1.54. The van der Waals surface area contributed by atoms with Gasteiger partial charge in [0.2, 0.25) is 0 Å². The Kier molecular flexibility index (Phi) is 2.59. The van der Waals surface area contributed by atoms with Gasteiger partial charge in [0.15, 0.2) is 0 Å². The van der Waals surface area contributed by atoms with Crippen molar-refractivity contribution in [3.05, 3.63) is 29.1 Å². The van der Waals surface area contributed by atoms with Gasteiger partial charge in [-0.3, -0.25) is 0 Å². The maximum Gasteiger partial charge on any atom is 0.140 e. The summed E-state index contributed by atoms with van der Waals surface area (Å²) in [5.74, 6) is 0.187. The van der Waals surface area contributed by atoms with E-state index in [0.29, 0.717) is 16.6 Å². The molecule has 1 aromatic heterocycles. The van der Waals surface area contributed by atoms with E-state index < -0.39 is 12.8 Å². The molecule has 4 nitrogen and oxygen atoms in total. The van der Waals surface area contributed by atoms with Gasteiger partial charge in [-0.1, -0.05) is 0 Å². The minimum Gasteiger partial charge on any atom is -0.382 e. The number of fused-ring (bicyclic) bond motifs is 1. The molecule has 0 saturated heterocycles. The van der Waals surface area contributed by atoms with Crippen molar-refractivity contribution in [1.82, 2.24) is 9.97 Å². The van der Waals surface area contributed by atoms with Crippen LogP contribution in [0.15, 0.2) is 12.1 Å². The zero-order valence-electron chi connectivity index (χ0n) is 8.66. The van der Waals surface area contributed by atoms with Gasteiger partial charge in [-0.25, -0.2) is 9.37 Å². The van der Waals surface area contributed by atoms with E-state index in [1.54, 1.807) is 12.1 Å². The summed E-state index contributed by atoms with van der Waals surface area (Å²) in [4.78, 5) is 6.86. The van der Waals surface area contributed by atoms with E-state index in [9.17, 15) is 9.50 Å². The average Bonchev–Trinajstić information content (AvgIpc) is 2.69. The molecule has 2 aromatic rings. The number of nitriles is 1. The molecule has 1 unspecified atom stereocenters. The molecule has 16 heavy (non-hydrogen) atoms. The molecular formula is C11H10FN3O. The number of imidazole rings is 1. The molecule has 0 aliphatic heterocycles. The lowest BCUT2D eigenvalue weighted by Crippen LogP contribution is -2.00. The number of halogens is 1. The van der Waals surface area contributed by atoms with E-state index in [4.69, 9.17) is 5.26 Å². The summed E-state index contributed by atoms with van der Waals surface area (Å²) in [7, 11) is 0. The van der Waals surface area contributed by atoms with Crippen LogP contribution in [-0.2, 0) is 0 Å². The number of hydrogen-bond donors (Lipinski definition) is 2. The molecule has 5 heteroatoms. The van der Waals surface area contributed by atoms with Crippen molar-refractivity contribution in [2.24, 2.45) is 0 Å². The summed E-state index contributed by atoms with van der Waals surface area (Å²) in [5, 5.41) is 18.1. The van der Waals surface area contributed by atoms with Crippen LogP contribution in [0.2, 0.25) is 0 Å². The number of aliphatic hydroxyl groups excluding tert-OH is 1. The number of alkyl halides is 1. The molecule has 0 aliphatic rings. The van der Waals surface area contributed by atoms with Crippen LogP contribution in [0.5, 0.6) is 0 Å². The lowest BCUT2D eigenvalue weighted by Gasteiger charge is -1.98. The van der Waals surface area contributed by atoms with Crippen molar-refractivity contribution >= 4 is 11.0 Å². The summed E-state index contributed by atoms with van der Waals surface area (Å²) >= 11 is 0.